The van der Waals surface area contributed by atoms with Gasteiger partial charge >= 0.3 is 0 Å². The molecule has 2 nitrogen and oxygen atoms in total. The van der Waals surface area contributed by atoms with Crippen molar-refractivity contribution in [1.29, 1.82) is 0 Å². The van der Waals surface area contributed by atoms with Crippen molar-refractivity contribution in [1.82, 2.24) is 5.32 Å². The Kier molecular flexibility index (Phi) is 3.56. The van der Waals surface area contributed by atoms with Crippen LogP contribution in [0.3, 0.4) is 0 Å². The van der Waals surface area contributed by atoms with Crippen LogP contribution in [0, 0.1) is 15.4 Å². The highest BCUT2D eigenvalue weighted by atomic mass is 127. The molecule has 0 radical (unpaired) electrons. The van der Waals surface area contributed by atoms with Crippen molar-refractivity contribution in [2.45, 2.75) is 12.3 Å². The lowest BCUT2D eigenvalue weighted by molar-refractivity contribution is 0.147. The fourth-order valence-corrected chi connectivity index (χ4v) is 3.04. The first kappa shape index (κ1) is 12.7. The van der Waals surface area contributed by atoms with Crippen molar-refractivity contribution in [2.24, 2.45) is 0 Å². The quantitative estimate of drug-likeness (QED) is 0.559. The van der Waals surface area contributed by atoms with E-state index in [2.05, 4.69) is 39.7 Å². The summed E-state index contributed by atoms with van der Waals surface area (Å²) in [6.07, 6.45) is -0.627. The van der Waals surface area contributed by atoms with Gasteiger partial charge in [-0.3, -0.25) is 5.32 Å². The second kappa shape index (κ2) is 5.33. The van der Waals surface area contributed by atoms with Crippen LogP contribution in [-0.4, -0.2) is 5.11 Å². The number of benzene rings is 2. The summed E-state index contributed by atoms with van der Waals surface area (Å²) in [5, 5.41) is 13.2. The molecule has 2 unspecified atom stereocenters. The smallest absolute Gasteiger partial charge is 0.133 e. The number of aliphatic hydroxyl groups excluding tert-OH is 1. The van der Waals surface area contributed by atoms with E-state index >= 15 is 0 Å². The molecule has 0 bridgehead atoms. The second-order valence-corrected chi connectivity index (χ2v) is 5.54. The molecule has 2 N–H and O–H groups in total. The van der Waals surface area contributed by atoms with Gasteiger partial charge in [-0.1, -0.05) is 42.2 Å². The third kappa shape index (κ3) is 2.52. The zero-order valence-corrected chi connectivity index (χ0v) is 12.3. The molecule has 0 aliphatic carbocycles. The van der Waals surface area contributed by atoms with Gasteiger partial charge in [0.05, 0.1) is 6.04 Å². The van der Waals surface area contributed by atoms with Gasteiger partial charge in [0.15, 0.2) is 0 Å². The number of hydrogen-bond acceptors (Lipinski definition) is 2. The lowest BCUT2D eigenvalue weighted by Gasteiger charge is -2.04. The summed E-state index contributed by atoms with van der Waals surface area (Å²) in [4.78, 5) is 0. The van der Waals surface area contributed by atoms with Crippen LogP contribution in [0.2, 0.25) is 0 Å². The van der Waals surface area contributed by atoms with Gasteiger partial charge in [0.25, 0.3) is 0 Å². The predicted molar refractivity (Wildman–Crippen MR) is 83.3 cm³/mol. The fourth-order valence-electron chi connectivity index (χ4n) is 2.22. The van der Waals surface area contributed by atoms with E-state index in [1.54, 1.807) is 0 Å². The van der Waals surface area contributed by atoms with Gasteiger partial charge in [-0.15, -0.1) is 0 Å². The lowest BCUT2D eigenvalue weighted by atomic mass is 10.0. The number of fused-ring (bicyclic) bond motifs is 1. The van der Waals surface area contributed by atoms with Crippen molar-refractivity contribution in [2.75, 3.05) is 0 Å². The Morgan fingerprint density at radius 1 is 1.05 bits per heavy atom. The van der Waals surface area contributed by atoms with Crippen LogP contribution in [0.5, 0.6) is 0 Å². The van der Waals surface area contributed by atoms with Gasteiger partial charge in [0, 0.05) is 14.7 Å². The maximum Gasteiger partial charge on any atom is 0.133 e. The van der Waals surface area contributed by atoms with Gasteiger partial charge in [-0.2, -0.15) is 0 Å². The van der Waals surface area contributed by atoms with Crippen molar-refractivity contribution in [3.05, 3.63) is 68.8 Å². The predicted octanol–water partition coefficient (Wildman–Crippen LogP) is 2.98. The van der Waals surface area contributed by atoms with Crippen molar-refractivity contribution in [3.63, 3.8) is 0 Å². The Morgan fingerprint density at radius 2 is 1.84 bits per heavy atom. The maximum atomic E-state index is 10.0. The minimum atomic E-state index is -0.627. The molecule has 0 saturated carbocycles. The molecule has 2 aromatic carbocycles. The Bertz CT molecular complexity index is 657. The first-order valence-electron chi connectivity index (χ1n) is 6.05. The van der Waals surface area contributed by atoms with Crippen molar-refractivity contribution < 1.29 is 5.11 Å². The molecule has 1 aliphatic heterocycles. The summed E-state index contributed by atoms with van der Waals surface area (Å²) in [5.41, 5.74) is 3.01. The molecule has 1 aliphatic rings. The van der Waals surface area contributed by atoms with E-state index in [1.165, 1.54) is 0 Å². The molecular formula is C16H12INO. The van der Waals surface area contributed by atoms with Crippen molar-refractivity contribution >= 4 is 22.6 Å². The molecule has 2 atom stereocenters. The Morgan fingerprint density at radius 3 is 2.63 bits per heavy atom. The summed E-state index contributed by atoms with van der Waals surface area (Å²) in [5.74, 6) is 6.33. The SMILES string of the molecule is OC1NC(C#Cc2ccccc2)c2cccc(I)c21. The van der Waals surface area contributed by atoms with Crippen LogP contribution in [-0.2, 0) is 0 Å². The normalized spacial score (nSPS) is 20.5. The van der Waals surface area contributed by atoms with Crippen LogP contribution in [0.1, 0.15) is 29.0 Å². The average molecular weight is 361 g/mol. The summed E-state index contributed by atoms with van der Waals surface area (Å²) >= 11 is 2.24. The van der Waals surface area contributed by atoms with Crippen molar-refractivity contribution in [3.8, 4) is 11.8 Å². The largest absolute Gasteiger partial charge is 0.374 e. The molecule has 3 rings (SSSR count). The van der Waals surface area contributed by atoms with E-state index in [0.717, 1.165) is 20.3 Å². The standard InChI is InChI=1S/C16H12INO/c17-13-8-4-7-12-14(18-16(19)15(12)13)10-9-11-5-2-1-3-6-11/h1-8,14,16,18-19H. The first-order valence-corrected chi connectivity index (χ1v) is 7.12. The van der Waals surface area contributed by atoms with E-state index in [0.29, 0.717) is 0 Å². The van der Waals surface area contributed by atoms with E-state index in [1.807, 2.05) is 48.5 Å². The zero-order valence-electron chi connectivity index (χ0n) is 10.1. The molecule has 0 saturated heterocycles. The number of hydrogen-bond donors (Lipinski definition) is 2. The summed E-state index contributed by atoms with van der Waals surface area (Å²) in [6, 6.07) is 15.8. The van der Waals surface area contributed by atoms with Gasteiger partial charge in [-0.05, 0) is 46.4 Å². The third-order valence-electron chi connectivity index (χ3n) is 3.13. The molecule has 19 heavy (non-hydrogen) atoms. The highest BCUT2D eigenvalue weighted by molar-refractivity contribution is 14.1. The molecule has 0 fully saturated rings. The third-order valence-corrected chi connectivity index (χ3v) is 4.07. The Balaban J connectivity index is 1.94. The maximum absolute atomic E-state index is 10.0. The van der Waals surface area contributed by atoms with E-state index < -0.39 is 6.23 Å². The Hall–Kier alpha value is -1.35. The fraction of sp³-hybridized carbons (Fsp3) is 0.125. The number of rotatable bonds is 0. The first-order chi connectivity index (χ1) is 9.25. The summed E-state index contributed by atoms with van der Waals surface area (Å²) in [7, 11) is 0. The van der Waals surface area contributed by atoms with E-state index in [9.17, 15) is 5.11 Å². The van der Waals surface area contributed by atoms with Gasteiger partial charge in [0.1, 0.15) is 6.23 Å². The van der Waals surface area contributed by atoms with Crippen LogP contribution in [0.25, 0.3) is 0 Å². The Labute approximate surface area is 126 Å². The van der Waals surface area contributed by atoms with Crippen LogP contribution < -0.4 is 5.32 Å². The topological polar surface area (TPSA) is 32.3 Å². The average Bonchev–Trinajstić information content (AvgIpc) is 2.76. The molecule has 3 heteroatoms. The number of nitrogens with one attached hydrogen (secondary N) is 1. The highest BCUT2D eigenvalue weighted by Gasteiger charge is 2.29. The molecule has 0 aromatic heterocycles. The van der Waals surface area contributed by atoms with Crippen LogP contribution in [0.4, 0.5) is 0 Å². The van der Waals surface area contributed by atoms with Crippen LogP contribution >= 0.6 is 22.6 Å². The minimum Gasteiger partial charge on any atom is -0.374 e. The summed E-state index contributed by atoms with van der Waals surface area (Å²) < 4.78 is 1.07. The van der Waals surface area contributed by atoms with Gasteiger partial charge < -0.3 is 5.11 Å². The highest BCUT2D eigenvalue weighted by Crippen LogP contribution is 2.34. The second-order valence-electron chi connectivity index (χ2n) is 4.38. The lowest BCUT2D eigenvalue weighted by Crippen LogP contribution is -2.15. The molecule has 0 spiro atoms. The van der Waals surface area contributed by atoms with E-state index in [4.69, 9.17) is 0 Å². The number of aliphatic hydroxyl groups is 1. The molecule has 0 amide bonds. The molecular weight excluding hydrogens is 349 g/mol. The van der Waals surface area contributed by atoms with Gasteiger partial charge in [0.2, 0.25) is 0 Å². The van der Waals surface area contributed by atoms with Crippen LogP contribution in [0.15, 0.2) is 48.5 Å². The summed E-state index contributed by atoms with van der Waals surface area (Å²) in [6.45, 7) is 0. The number of halogens is 1. The van der Waals surface area contributed by atoms with Gasteiger partial charge in [-0.25, -0.2) is 0 Å². The molecule has 1 heterocycles. The molecule has 94 valence electrons. The monoisotopic (exact) mass is 361 g/mol. The zero-order chi connectivity index (χ0) is 13.2. The van der Waals surface area contributed by atoms with E-state index in [-0.39, 0.29) is 6.04 Å². The molecule has 2 aromatic rings. The minimum absolute atomic E-state index is 0.111.